The van der Waals surface area contributed by atoms with Gasteiger partial charge in [0.05, 0.1) is 24.4 Å². The van der Waals surface area contributed by atoms with Gasteiger partial charge in [-0.05, 0) is 60.8 Å². The highest BCUT2D eigenvalue weighted by Crippen LogP contribution is 2.30. The van der Waals surface area contributed by atoms with Gasteiger partial charge in [-0.2, -0.15) is 0 Å². The van der Waals surface area contributed by atoms with E-state index in [9.17, 15) is 8.78 Å². The molecule has 0 aromatic rings. The predicted molar refractivity (Wildman–Crippen MR) is 106 cm³/mol. The zero-order chi connectivity index (χ0) is 20.3. The molecule has 0 atom stereocenters. The average Bonchev–Trinajstić information content (AvgIpc) is 2.46. The zero-order valence-corrected chi connectivity index (χ0v) is 18.2. The normalized spacial score (nSPS) is 26.2. The number of nitrogens with zero attached hydrogens (tertiary/aromatic N) is 2. The van der Waals surface area contributed by atoms with Crippen molar-refractivity contribution < 1.29 is 18.3 Å². The Labute approximate surface area is 164 Å². The van der Waals surface area contributed by atoms with Gasteiger partial charge in [0.25, 0.3) is 5.92 Å². The Balaban J connectivity index is 1.56. The molecule has 2 aliphatic rings. The fourth-order valence-electron chi connectivity index (χ4n) is 3.81. The van der Waals surface area contributed by atoms with Gasteiger partial charge >= 0.3 is 0 Å². The van der Waals surface area contributed by atoms with Crippen LogP contribution in [0.15, 0.2) is 0 Å². The van der Waals surface area contributed by atoms with Crippen LogP contribution in [0.3, 0.4) is 0 Å². The number of rotatable bonds is 8. The van der Waals surface area contributed by atoms with Gasteiger partial charge in [0.2, 0.25) is 0 Å². The van der Waals surface area contributed by atoms with Crippen molar-refractivity contribution in [3.8, 4) is 0 Å². The molecule has 1 aliphatic carbocycles. The molecular weight excluding hydrogens is 350 g/mol. The molecular formula is C21H40F2N2O2. The second-order valence-corrected chi connectivity index (χ2v) is 10.2. The van der Waals surface area contributed by atoms with E-state index in [1.165, 1.54) is 0 Å². The molecule has 0 bridgehead atoms. The lowest BCUT2D eigenvalue weighted by Gasteiger charge is -2.43. The molecule has 2 fully saturated rings. The van der Waals surface area contributed by atoms with Crippen molar-refractivity contribution >= 4 is 0 Å². The van der Waals surface area contributed by atoms with Crippen molar-refractivity contribution in [1.82, 2.24) is 9.80 Å². The van der Waals surface area contributed by atoms with Gasteiger partial charge in [0, 0.05) is 44.7 Å². The van der Waals surface area contributed by atoms with Crippen molar-refractivity contribution in [2.75, 3.05) is 39.3 Å². The second-order valence-electron chi connectivity index (χ2n) is 10.2. The first-order chi connectivity index (χ1) is 12.3. The Bertz CT molecular complexity index is 446. The minimum absolute atomic E-state index is 0.0961. The summed E-state index contributed by atoms with van der Waals surface area (Å²) < 4.78 is 40.1. The Morgan fingerprint density at radius 3 is 2.00 bits per heavy atom. The molecule has 1 saturated carbocycles. The highest BCUT2D eigenvalue weighted by Gasteiger charge is 2.35. The molecule has 4 nitrogen and oxygen atoms in total. The van der Waals surface area contributed by atoms with Gasteiger partial charge in [-0.15, -0.1) is 0 Å². The molecule has 0 aromatic carbocycles. The van der Waals surface area contributed by atoms with Crippen molar-refractivity contribution in [3.63, 3.8) is 0 Å². The van der Waals surface area contributed by atoms with Crippen LogP contribution in [-0.4, -0.2) is 78.4 Å². The first kappa shape index (κ1) is 23.0. The molecule has 1 aliphatic heterocycles. The molecule has 0 radical (unpaired) electrons. The minimum Gasteiger partial charge on any atom is -0.378 e. The Morgan fingerprint density at radius 2 is 1.48 bits per heavy atom. The van der Waals surface area contributed by atoms with E-state index in [-0.39, 0.29) is 36.3 Å². The fraction of sp³-hybridized carbons (Fsp3) is 1.00. The van der Waals surface area contributed by atoms with Crippen LogP contribution in [0.1, 0.15) is 67.2 Å². The first-order valence-corrected chi connectivity index (χ1v) is 10.5. The predicted octanol–water partition coefficient (Wildman–Crippen LogP) is 4.18. The van der Waals surface area contributed by atoms with Gasteiger partial charge in [-0.1, -0.05) is 0 Å². The highest BCUT2D eigenvalue weighted by atomic mass is 19.3. The van der Waals surface area contributed by atoms with E-state index in [4.69, 9.17) is 9.47 Å². The van der Waals surface area contributed by atoms with Crippen LogP contribution in [-0.2, 0) is 9.47 Å². The third-order valence-corrected chi connectivity index (χ3v) is 5.39. The molecule has 0 amide bonds. The molecule has 0 spiro atoms. The standard InChI is InChI=1S/C21H40F2N2O2/c1-19(2,3)25-11-9-24(10-12-25)16-21(22,23)8-7-13-26-17-14-18(15-17)27-20(4,5)6/h17-18H,7-16H2,1-6H3. The number of ether oxygens (including phenoxy) is 2. The third-order valence-electron chi connectivity index (χ3n) is 5.39. The van der Waals surface area contributed by atoms with Gasteiger partial charge in [-0.25, -0.2) is 8.78 Å². The van der Waals surface area contributed by atoms with Gasteiger partial charge in [0.15, 0.2) is 0 Å². The van der Waals surface area contributed by atoms with E-state index in [0.717, 1.165) is 39.0 Å². The third kappa shape index (κ3) is 8.30. The maximum atomic E-state index is 14.3. The largest absolute Gasteiger partial charge is 0.378 e. The molecule has 0 aromatic heterocycles. The maximum absolute atomic E-state index is 14.3. The molecule has 0 unspecified atom stereocenters. The Morgan fingerprint density at radius 1 is 0.889 bits per heavy atom. The summed E-state index contributed by atoms with van der Waals surface area (Å²) in [6.07, 6.45) is 2.51. The molecule has 6 heteroatoms. The number of hydrogen-bond donors (Lipinski definition) is 0. The summed E-state index contributed by atoms with van der Waals surface area (Å²) in [7, 11) is 0. The van der Waals surface area contributed by atoms with E-state index >= 15 is 0 Å². The summed E-state index contributed by atoms with van der Waals surface area (Å²) in [5.41, 5.74) is -0.0134. The van der Waals surface area contributed by atoms with Gasteiger partial charge in [-0.3, -0.25) is 9.80 Å². The highest BCUT2D eigenvalue weighted by molar-refractivity contribution is 4.85. The lowest BCUT2D eigenvalue weighted by Crippen LogP contribution is -2.55. The van der Waals surface area contributed by atoms with E-state index in [2.05, 4.69) is 25.7 Å². The van der Waals surface area contributed by atoms with Crippen molar-refractivity contribution in [2.45, 2.75) is 96.5 Å². The van der Waals surface area contributed by atoms with E-state index in [1.54, 1.807) is 0 Å². The van der Waals surface area contributed by atoms with Crippen LogP contribution in [0.5, 0.6) is 0 Å². The van der Waals surface area contributed by atoms with E-state index in [0.29, 0.717) is 13.0 Å². The zero-order valence-electron chi connectivity index (χ0n) is 18.2. The van der Waals surface area contributed by atoms with Crippen LogP contribution in [0.2, 0.25) is 0 Å². The van der Waals surface area contributed by atoms with Crippen LogP contribution >= 0.6 is 0 Å². The first-order valence-electron chi connectivity index (χ1n) is 10.5. The number of alkyl halides is 2. The average molecular weight is 391 g/mol. The molecule has 0 N–H and O–H groups in total. The molecule has 27 heavy (non-hydrogen) atoms. The Kier molecular flexibility index (Phi) is 7.68. The number of halogens is 2. The van der Waals surface area contributed by atoms with Gasteiger partial charge in [0.1, 0.15) is 0 Å². The summed E-state index contributed by atoms with van der Waals surface area (Å²) >= 11 is 0. The quantitative estimate of drug-likeness (QED) is 0.581. The monoisotopic (exact) mass is 390 g/mol. The topological polar surface area (TPSA) is 24.9 Å². The van der Waals surface area contributed by atoms with Crippen LogP contribution in [0, 0.1) is 0 Å². The Hall–Kier alpha value is -0.300. The van der Waals surface area contributed by atoms with Crippen LogP contribution < -0.4 is 0 Å². The summed E-state index contributed by atoms with van der Waals surface area (Å²) in [6.45, 7) is 16.1. The lowest BCUT2D eigenvalue weighted by atomic mass is 9.91. The lowest BCUT2D eigenvalue weighted by molar-refractivity contribution is -0.150. The van der Waals surface area contributed by atoms with E-state index in [1.807, 2.05) is 25.7 Å². The minimum atomic E-state index is -2.63. The fourth-order valence-corrected chi connectivity index (χ4v) is 3.81. The van der Waals surface area contributed by atoms with Crippen LogP contribution in [0.4, 0.5) is 8.78 Å². The molecule has 2 rings (SSSR count). The maximum Gasteiger partial charge on any atom is 0.260 e. The summed E-state index contributed by atoms with van der Waals surface area (Å²) in [4.78, 5) is 4.27. The van der Waals surface area contributed by atoms with Crippen molar-refractivity contribution in [2.24, 2.45) is 0 Å². The summed E-state index contributed by atoms with van der Waals surface area (Å²) in [5.74, 6) is -2.63. The number of hydrogen-bond acceptors (Lipinski definition) is 4. The number of piperazine rings is 1. The smallest absolute Gasteiger partial charge is 0.260 e. The molecule has 160 valence electrons. The molecule has 1 heterocycles. The van der Waals surface area contributed by atoms with E-state index < -0.39 is 5.92 Å². The second kappa shape index (κ2) is 9.02. The molecule has 1 saturated heterocycles. The van der Waals surface area contributed by atoms with Crippen molar-refractivity contribution in [1.29, 1.82) is 0 Å². The summed E-state index contributed by atoms with van der Waals surface area (Å²) in [5, 5.41) is 0. The summed E-state index contributed by atoms with van der Waals surface area (Å²) in [6, 6.07) is 0. The SMILES string of the molecule is CC(C)(C)OC1CC(OCCCC(F)(F)CN2CCN(C(C)(C)C)CC2)C1. The van der Waals surface area contributed by atoms with Crippen molar-refractivity contribution in [3.05, 3.63) is 0 Å². The van der Waals surface area contributed by atoms with Gasteiger partial charge < -0.3 is 9.47 Å². The van der Waals surface area contributed by atoms with Crippen LogP contribution in [0.25, 0.3) is 0 Å².